The van der Waals surface area contributed by atoms with E-state index in [4.69, 9.17) is 9.84 Å². The van der Waals surface area contributed by atoms with E-state index in [0.717, 1.165) is 12.0 Å². The first-order chi connectivity index (χ1) is 9.02. The minimum absolute atomic E-state index is 0.0950. The van der Waals surface area contributed by atoms with E-state index in [1.165, 1.54) is 16.2 Å². The van der Waals surface area contributed by atoms with Gasteiger partial charge in [-0.15, -0.1) is 11.3 Å². The number of carboxylic acid groups (broad SMARTS) is 1. The fourth-order valence-electron chi connectivity index (χ4n) is 2.12. The summed E-state index contributed by atoms with van der Waals surface area (Å²) < 4.78 is 5.12. The lowest BCUT2D eigenvalue weighted by molar-refractivity contribution is -0.154. The first kappa shape index (κ1) is 14.0. The lowest BCUT2D eigenvalue weighted by Gasteiger charge is -2.30. The molecule has 2 heterocycles. The molecule has 1 aliphatic rings. The van der Waals surface area contributed by atoms with Crippen molar-refractivity contribution in [1.29, 1.82) is 0 Å². The van der Waals surface area contributed by atoms with Gasteiger partial charge in [-0.05, 0) is 25.0 Å². The first-order valence-corrected chi connectivity index (χ1v) is 7.07. The van der Waals surface area contributed by atoms with Gasteiger partial charge in [0.1, 0.15) is 0 Å². The summed E-state index contributed by atoms with van der Waals surface area (Å²) in [5, 5.41) is 8.93. The third-order valence-electron chi connectivity index (χ3n) is 3.18. The number of carbonyl (C=O) groups excluding carboxylic acids is 1. The second kappa shape index (κ2) is 5.71. The summed E-state index contributed by atoms with van der Waals surface area (Å²) in [7, 11) is 0. The molecule has 2 rings (SSSR count). The molecule has 5 nitrogen and oxygen atoms in total. The molecule has 6 heteroatoms. The molecule has 1 aromatic rings. The molecule has 1 saturated heterocycles. The molecule has 0 saturated carbocycles. The van der Waals surface area contributed by atoms with Crippen molar-refractivity contribution in [2.24, 2.45) is 0 Å². The number of thiophene rings is 1. The number of ether oxygens (including phenoxy) is 1. The summed E-state index contributed by atoms with van der Waals surface area (Å²) in [6, 6.07) is 1.89. The third-order valence-corrected chi connectivity index (χ3v) is 4.55. The van der Waals surface area contributed by atoms with Crippen LogP contribution in [-0.2, 0) is 16.0 Å². The maximum absolute atomic E-state index is 12.3. The monoisotopic (exact) mass is 283 g/mol. The number of carbonyl (C=O) groups is 2. The van der Waals surface area contributed by atoms with Crippen molar-refractivity contribution >= 4 is 23.2 Å². The van der Waals surface area contributed by atoms with Gasteiger partial charge in [-0.1, -0.05) is 6.92 Å². The minimum atomic E-state index is -1.02. The molecule has 1 unspecified atom stereocenters. The van der Waals surface area contributed by atoms with Gasteiger partial charge in [0.05, 0.1) is 18.0 Å². The van der Waals surface area contributed by atoms with Gasteiger partial charge >= 0.3 is 5.97 Å². The average Bonchev–Trinajstić information content (AvgIpc) is 2.79. The maximum Gasteiger partial charge on any atom is 0.334 e. The number of hydrogen-bond acceptors (Lipinski definition) is 4. The summed E-state index contributed by atoms with van der Waals surface area (Å²) in [5.74, 6) is -1.11. The molecule has 1 fully saturated rings. The van der Waals surface area contributed by atoms with Gasteiger partial charge in [0.2, 0.25) is 0 Å². The fourth-order valence-corrected chi connectivity index (χ4v) is 3.20. The summed E-state index contributed by atoms with van der Waals surface area (Å²) in [5.41, 5.74) is 1.12. The number of aryl methyl sites for hydroxylation is 2. The zero-order chi connectivity index (χ0) is 14.0. The Hall–Kier alpha value is -1.40. The summed E-state index contributed by atoms with van der Waals surface area (Å²) in [6.07, 6.45) is -0.00521. The Morgan fingerprint density at radius 3 is 2.89 bits per heavy atom. The number of carboxylic acids is 1. The van der Waals surface area contributed by atoms with Crippen LogP contribution in [0.5, 0.6) is 0 Å². The zero-order valence-corrected chi connectivity index (χ0v) is 11.8. The van der Waals surface area contributed by atoms with Crippen LogP contribution < -0.4 is 0 Å². The van der Waals surface area contributed by atoms with Crippen LogP contribution in [0.4, 0.5) is 0 Å². The summed E-state index contributed by atoms with van der Waals surface area (Å²) in [4.78, 5) is 26.7. The van der Waals surface area contributed by atoms with Gasteiger partial charge in [-0.2, -0.15) is 0 Å². The van der Waals surface area contributed by atoms with E-state index < -0.39 is 12.1 Å². The molecule has 1 N–H and O–H groups in total. The van der Waals surface area contributed by atoms with Crippen molar-refractivity contribution in [1.82, 2.24) is 4.90 Å². The molecule has 1 aromatic heterocycles. The van der Waals surface area contributed by atoms with Gasteiger partial charge in [0.15, 0.2) is 6.10 Å². The molecular formula is C13H17NO4S. The van der Waals surface area contributed by atoms with Gasteiger partial charge < -0.3 is 14.7 Å². The Bertz CT molecular complexity index is 497. The van der Waals surface area contributed by atoms with Crippen LogP contribution in [0.25, 0.3) is 0 Å². The summed E-state index contributed by atoms with van der Waals surface area (Å²) in [6.45, 7) is 4.88. The Balaban J connectivity index is 2.12. The lowest BCUT2D eigenvalue weighted by atomic mass is 10.2. The van der Waals surface area contributed by atoms with Crippen LogP contribution in [0.3, 0.4) is 0 Å². The number of aliphatic carboxylic acids is 1. The smallest absolute Gasteiger partial charge is 0.334 e. The Kier molecular flexibility index (Phi) is 4.21. The van der Waals surface area contributed by atoms with Crippen LogP contribution in [-0.4, -0.2) is 47.7 Å². The largest absolute Gasteiger partial charge is 0.479 e. The number of morpholine rings is 1. The van der Waals surface area contributed by atoms with Crippen LogP contribution in [0.15, 0.2) is 6.07 Å². The van der Waals surface area contributed by atoms with Gasteiger partial charge in [-0.25, -0.2) is 4.79 Å². The van der Waals surface area contributed by atoms with Crippen molar-refractivity contribution in [3.05, 3.63) is 21.4 Å². The zero-order valence-electron chi connectivity index (χ0n) is 11.0. The molecule has 0 radical (unpaired) electrons. The Labute approximate surface area is 115 Å². The minimum Gasteiger partial charge on any atom is -0.479 e. The third kappa shape index (κ3) is 2.96. The number of rotatable bonds is 3. The maximum atomic E-state index is 12.3. The second-order valence-electron chi connectivity index (χ2n) is 4.52. The average molecular weight is 283 g/mol. The highest BCUT2D eigenvalue weighted by Gasteiger charge is 2.30. The first-order valence-electron chi connectivity index (χ1n) is 6.26. The topological polar surface area (TPSA) is 66.8 Å². The van der Waals surface area contributed by atoms with Gasteiger partial charge in [0.25, 0.3) is 5.91 Å². The fraction of sp³-hybridized carbons (Fsp3) is 0.538. The number of amides is 1. The van der Waals surface area contributed by atoms with E-state index in [0.29, 0.717) is 11.4 Å². The quantitative estimate of drug-likeness (QED) is 0.914. The van der Waals surface area contributed by atoms with Crippen molar-refractivity contribution in [2.45, 2.75) is 26.4 Å². The van der Waals surface area contributed by atoms with Crippen molar-refractivity contribution in [3.8, 4) is 0 Å². The van der Waals surface area contributed by atoms with Gasteiger partial charge in [0, 0.05) is 11.4 Å². The molecule has 0 bridgehead atoms. The van der Waals surface area contributed by atoms with Crippen LogP contribution in [0, 0.1) is 6.92 Å². The van der Waals surface area contributed by atoms with Crippen molar-refractivity contribution in [3.63, 3.8) is 0 Å². The highest BCUT2D eigenvalue weighted by Crippen LogP contribution is 2.24. The molecule has 0 spiro atoms. The molecule has 1 atom stereocenters. The van der Waals surface area contributed by atoms with E-state index in [2.05, 4.69) is 6.92 Å². The van der Waals surface area contributed by atoms with Crippen molar-refractivity contribution < 1.29 is 19.4 Å². The number of nitrogens with zero attached hydrogens (tertiary/aromatic N) is 1. The second-order valence-corrected chi connectivity index (χ2v) is 5.66. The molecule has 1 aliphatic heterocycles. The Morgan fingerprint density at radius 1 is 1.58 bits per heavy atom. The van der Waals surface area contributed by atoms with Crippen LogP contribution >= 0.6 is 11.3 Å². The predicted molar refractivity (Wildman–Crippen MR) is 71.7 cm³/mol. The molecule has 1 amide bonds. The van der Waals surface area contributed by atoms with E-state index in [1.54, 1.807) is 4.90 Å². The number of hydrogen-bond donors (Lipinski definition) is 1. The summed E-state index contributed by atoms with van der Waals surface area (Å²) >= 11 is 1.49. The predicted octanol–water partition coefficient (Wildman–Crippen LogP) is 1.54. The van der Waals surface area contributed by atoms with Crippen LogP contribution in [0.2, 0.25) is 0 Å². The normalized spacial score (nSPS) is 19.5. The Morgan fingerprint density at radius 2 is 2.32 bits per heavy atom. The van der Waals surface area contributed by atoms with E-state index in [-0.39, 0.29) is 19.1 Å². The van der Waals surface area contributed by atoms with E-state index in [1.807, 2.05) is 13.0 Å². The molecule has 104 valence electrons. The van der Waals surface area contributed by atoms with Gasteiger partial charge in [-0.3, -0.25) is 4.79 Å². The van der Waals surface area contributed by atoms with E-state index >= 15 is 0 Å². The SMILES string of the molecule is CCc1sc(C(=O)N2CCOC(C(=O)O)C2)cc1C. The van der Waals surface area contributed by atoms with Crippen molar-refractivity contribution in [2.75, 3.05) is 19.7 Å². The lowest BCUT2D eigenvalue weighted by Crippen LogP contribution is -2.48. The molecular weight excluding hydrogens is 266 g/mol. The highest BCUT2D eigenvalue weighted by molar-refractivity contribution is 7.14. The van der Waals surface area contributed by atoms with E-state index in [9.17, 15) is 9.59 Å². The molecule has 19 heavy (non-hydrogen) atoms. The molecule has 0 aromatic carbocycles. The molecule has 0 aliphatic carbocycles. The standard InChI is InChI=1S/C13H17NO4S/c1-3-10-8(2)6-11(19-10)12(15)14-4-5-18-9(7-14)13(16)17/h6,9H,3-5,7H2,1-2H3,(H,16,17). The highest BCUT2D eigenvalue weighted by atomic mass is 32.1. The van der Waals surface area contributed by atoms with Crippen LogP contribution in [0.1, 0.15) is 27.0 Å².